The Labute approximate surface area is 155 Å². The van der Waals surface area contributed by atoms with Gasteiger partial charge < -0.3 is 16.2 Å². The number of benzene rings is 1. The van der Waals surface area contributed by atoms with E-state index in [1.54, 1.807) is 24.3 Å². The van der Waals surface area contributed by atoms with Crippen molar-refractivity contribution < 1.29 is 19.1 Å². The number of primary amides is 1. The van der Waals surface area contributed by atoms with E-state index in [9.17, 15) is 19.1 Å². The quantitative estimate of drug-likeness (QED) is 0.708. The lowest BCUT2D eigenvalue weighted by atomic mass is 9.88. The Morgan fingerprint density at radius 2 is 2.22 bits per heavy atom. The van der Waals surface area contributed by atoms with Crippen molar-refractivity contribution in [2.45, 2.75) is 13.3 Å². The molecule has 1 fully saturated rings. The first kappa shape index (κ1) is 18.5. The fourth-order valence-electron chi connectivity index (χ4n) is 2.89. The second-order valence-electron chi connectivity index (χ2n) is 6.43. The summed E-state index contributed by atoms with van der Waals surface area (Å²) in [5, 5.41) is 12.2. The third-order valence-electron chi connectivity index (χ3n) is 4.52. The first-order valence-electron chi connectivity index (χ1n) is 8.36. The molecule has 27 heavy (non-hydrogen) atoms. The van der Waals surface area contributed by atoms with Crippen LogP contribution < -0.4 is 11.1 Å². The van der Waals surface area contributed by atoms with Crippen molar-refractivity contribution in [3.63, 3.8) is 0 Å². The summed E-state index contributed by atoms with van der Waals surface area (Å²) in [5.41, 5.74) is 5.33. The van der Waals surface area contributed by atoms with Crippen LogP contribution in [0.4, 0.5) is 4.39 Å². The second kappa shape index (κ2) is 7.17. The molecule has 0 aliphatic carbocycles. The van der Waals surface area contributed by atoms with Gasteiger partial charge >= 0.3 is 0 Å². The van der Waals surface area contributed by atoms with E-state index in [4.69, 9.17) is 5.73 Å². The van der Waals surface area contributed by atoms with Gasteiger partial charge in [-0.3, -0.25) is 9.59 Å². The third-order valence-corrected chi connectivity index (χ3v) is 4.52. The molecule has 2 aromatic rings. The summed E-state index contributed by atoms with van der Waals surface area (Å²) < 4.78 is 14.5. The summed E-state index contributed by atoms with van der Waals surface area (Å²) in [4.78, 5) is 27.4. The minimum Gasteiger partial charge on any atom is -0.394 e. The molecule has 1 aliphatic heterocycles. The molecule has 138 valence electrons. The van der Waals surface area contributed by atoms with Gasteiger partial charge in [0.05, 0.1) is 6.61 Å². The van der Waals surface area contributed by atoms with E-state index in [-0.39, 0.29) is 29.5 Å². The highest BCUT2D eigenvalue weighted by atomic mass is 19.1. The number of hydrogen-bond acceptors (Lipinski definition) is 4. The number of amides is 2. The summed E-state index contributed by atoms with van der Waals surface area (Å²) in [6.45, 7) is 1.62. The van der Waals surface area contributed by atoms with Crippen molar-refractivity contribution in [2.75, 3.05) is 13.2 Å². The zero-order valence-electron chi connectivity index (χ0n) is 14.7. The number of rotatable bonds is 3. The van der Waals surface area contributed by atoms with Crippen LogP contribution in [-0.2, 0) is 4.79 Å². The fourth-order valence-corrected chi connectivity index (χ4v) is 2.89. The summed E-state index contributed by atoms with van der Waals surface area (Å²) >= 11 is 0. The minimum absolute atomic E-state index is 0.00271. The van der Waals surface area contributed by atoms with Gasteiger partial charge in [0.15, 0.2) is 5.82 Å². The van der Waals surface area contributed by atoms with E-state index in [0.717, 1.165) is 0 Å². The molecule has 0 saturated carbocycles. The molecule has 7 heteroatoms. The molecule has 3 rings (SSSR count). The van der Waals surface area contributed by atoms with Gasteiger partial charge in [0.25, 0.3) is 5.91 Å². The molecule has 0 radical (unpaired) electrons. The van der Waals surface area contributed by atoms with Crippen molar-refractivity contribution >= 4 is 11.8 Å². The van der Waals surface area contributed by atoms with E-state index >= 15 is 0 Å². The number of nitrogens with one attached hydrogen (secondary N) is 1. The highest BCUT2D eigenvalue weighted by Gasteiger charge is 2.40. The molecule has 1 aromatic carbocycles. The number of nitrogens with zero attached hydrogens (tertiary/aromatic N) is 1. The van der Waals surface area contributed by atoms with Gasteiger partial charge in [0.1, 0.15) is 16.8 Å². The Bertz CT molecular complexity index is 994. The fraction of sp³-hybridized carbons (Fsp3) is 0.250. The summed E-state index contributed by atoms with van der Waals surface area (Å²) in [6.07, 6.45) is 0.422. The molecule has 0 unspecified atom stereocenters. The van der Waals surface area contributed by atoms with Gasteiger partial charge in [-0.05, 0) is 37.1 Å². The summed E-state index contributed by atoms with van der Waals surface area (Å²) in [5.74, 6) is 4.13. The van der Waals surface area contributed by atoms with Gasteiger partial charge in [-0.25, -0.2) is 9.37 Å². The summed E-state index contributed by atoms with van der Waals surface area (Å²) in [6, 6.07) is 7.93. The van der Waals surface area contributed by atoms with Crippen molar-refractivity contribution in [3.05, 3.63) is 53.0 Å². The lowest BCUT2D eigenvalue weighted by Gasteiger charge is -2.15. The highest BCUT2D eigenvalue weighted by Crippen LogP contribution is 2.27. The number of carbonyl (C=O) groups is 2. The minimum atomic E-state index is -1.12. The van der Waals surface area contributed by atoms with Crippen molar-refractivity contribution in [3.8, 4) is 23.1 Å². The van der Waals surface area contributed by atoms with Crippen molar-refractivity contribution in [1.82, 2.24) is 10.3 Å². The molecular formula is C20H18FN3O3. The Kier molecular flexibility index (Phi) is 4.93. The van der Waals surface area contributed by atoms with Crippen molar-refractivity contribution in [1.29, 1.82) is 0 Å². The molecule has 0 bridgehead atoms. The molecule has 0 spiro atoms. The summed E-state index contributed by atoms with van der Waals surface area (Å²) in [7, 11) is 0. The van der Waals surface area contributed by atoms with Gasteiger partial charge in [0.2, 0.25) is 5.91 Å². The van der Waals surface area contributed by atoms with Gasteiger partial charge in [-0.2, -0.15) is 0 Å². The second-order valence-corrected chi connectivity index (χ2v) is 6.43. The number of aliphatic hydroxyl groups is 1. The largest absolute Gasteiger partial charge is 0.394 e. The maximum Gasteiger partial charge on any atom is 0.267 e. The van der Waals surface area contributed by atoms with Gasteiger partial charge in [-0.1, -0.05) is 24.0 Å². The van der Waals surface area contributed by atoms with E-state index < -0.39 is 17.1 Å². The SMILES string of the molecule is Cc1cc(C(N)=O)nc(-c2cccc(C#C[C@@]3(CO)CCNC3=O)c2)c1F. The maximum atomic E-state index is 14.5. The molecule has 6 nitrogen and oxygen atoms in total. The molecule has 1 saturated heterocycles. The van der Waals surface area contributed by atoms with Crippen LogP contribution in [0.3, 0.4) is 0 Å². The normalized spacial score (nSPS) is 18.6. The van der Waals surface area contributed by atoms with E-state index in [2.05, 4.69) is 22.1 Å². The van der Waals surface area contributed by atoms with E-state index in [1.165, 1.54) is 13.0 Å². The number of aliphatic hydroxyl groups excluding tert-OH is 1. The number of halogens is 1. The van der Waals surface area contributed by atoms with Crippen LogP contribution in [0.1, 0.15) is 28.0 Å². The number of carbonyl (C=O) groups excluding carboxylic acids is 2. The average molecular weight is 367 g/mol. The molecule has 2 amide bonds. The highest BCUT2D eigenvalue weighted by molar-refractivity contribution is 5.91. The number of pyridine rings is 1. The van der Waals surface area contributed by atoms with E-state index in [0.29, 0.717) is 24.1 Å². The number of nitrogens with two attached hydrogens (primary N) is 1. The standard InChI is InChI=1S/C20H18FN3O3/c1-12-9-15(18(22)26)24-17(16(12)21)14-4-2-3-13(10-14)5-6-20(11-25)7-8-23-19(20)27/h2-4,9-10,25H,7-8,11H2,1H3,(H2,22,26)(H,23,27)/t20-/m0/s1. The number of hydrogen-bond donors (Lipinski definition) is 3. The smallest absolute Gasteiger partial charge is 0.267 e. The monoisotopic (exact) mass is 367 g/mol. The van der Waals surface area contributed by atoms with Gasteiger partial charge in [-0.15, -0.1) is 0 Å². The van der Waals surface area contributed by atoms with Crippen LogP contribution in [0.25, 0.3) is 11.3 Å². The Balaban J connectivity index is 2.02. The van der Waals surface area contributed by atoms with Crippen LogP contribution >= 0.6 is 0 Å². The lowest BCUT2D eigenvalue weighted by Crippen LogP contribution is -2.33. The maximum absolute atomic E-state index is 14.5. The molecule has 4 N–H and O–H groups in total. The topological polar surface area (TPSA) is 105 Å². The van der Waals surface area contributed by atoms with Gasteiger partial charge in [0, 0.05) is 17.7 Å². The molecule has 1 atom stereocenters. The van der Waals surface area contributed by atoms with Crippen LogP contribution in [0.2, 0.25) is 0 Å². The number of aryl methyl sites for hydroxylation is 1. The zero-order chi connectivity index (χ0) is 19.6. The molecule has 1 aliphatic rings. The molecular weight excluding hydrogens is 349 g/mol. The van der Waals surface area contributed by atoms with Crippen LogP contribution in [-0.4, -0.2) is 35.1 Å². The van der Waals surface area contributed by atoms with Crippen LogP contribution in [0.15, 0.2) is 30.3 Å². The van der Waals surface area contributed by atoms with E-state index in [1.807, 2.05) is 0 Å². The average Bonchev–Trinajstić information content (AvgIpc) is 3.03. The van der Waals surface area contributed by atoms with Crippen LogP contribution in [0, 0.1) is 30.0 Å². The lowest BCUT2D eigenvalue weighted by molar-refractivity contribution is -0.126. The Morgan fingerprint density at radius 3 is 2.85 bits per heavy atom. The van der Waals surface area contributed by atoms with Crippen molar-refractivity contribution in [2.24, 2.45) is 11.1 Å². The zero-order valence-corrected chi connectivity index (χ0v) is 14.7. The first-order valence-corrected chi connectivity index (χ1v) is 8.36. The predicted octanol–water partition coefficient (Wildman–Crippen LogP) is 1.15. The van der Waals surface area contributed by atoms with Crippen LogP contribution in [0.5, 0.6) is 0 Å². The predicted molar refractivity (Wildman–Crippen MR) is 96.9 cm³/mol. The Morgan fingerprint density at radius 1 is 1.44 bits per heavy atom. The number of aromatic nitrogens is 1. The Hall–Kier alpha value is -3.24. The first-order chi connectivity index (χ1) is 12.9. The third kappa shape index (κ3) is 3.52. The molecule has 1 aromatic heterocycles. The molecule has 2 heterocycles.